The Hall–Kier alpha value is -0.680. The predicted octanol–water partition coefficient (Wildman–Crippen LogP) is 3.42. The van der Waals surface area contributed by atoms with E-state index in [0.29, 0.717) is 10.2 Å². The lowest BCUT2D eigenvalue weighted by atomic mass is 10.2. The fourth-order valence-electron chi connectivity index (χ4n) is 1.51. The minimum Gasteiger partial charge on any atom is -0.274 e. The van der Waals surface area contributed by atoms with Crippen LogP contribution in [0.3, 0.4) is 0 Å². The number of aryl methyl sites for hydroxylation is 1. The zero-order valence-corrected chi connectivity index (χ0v) is 12.3. The maximum atomic E-state index is 11.4. The van der Waals surface area contributed by atoms with Crippen LogP contribution in [0.1, 0.15) is 19.4 Å². The van der Waals surface area contributed by atoms with E-state index in [1.54, 1.807) is 6.07 Å². The lowest BCUT2D eigenvalue weighted by molar-refractivity contribution is -0.124. The van der Waals surface area contributed by atoms with Crippen molar-refractivity contribution < 1.29 is 9.59 Å². The Morgan fingerprint density at radius 2 is 1.62 bits per heavy atom. The molecule has 0 aliphatic rings. The van der Waals surface area contributed by atoms with Gasteiger partial charge < -0.3 is 0 Å². The van der Waals surface area contributed by atoms with E-state index in [1.165, 1.54) is 13.8 Å². The molecule has 0 aromatic heterocycles. The van der Waals surface area contributed by atoms with Crippen LogP contribution in [0.15, 0.2) is 21.1 Å². The molecule has 1 aromatic rings. The number of rotatable bonds is 1. The van der Waals surface area contributed by atoms with Crippen molar-refractivity contribution in [1.29, 1.82) is 0 Å². The first-order chi connectivity index (χ1) is 7.34. The highest BCUT2D eigenvalue weighted by Gasteiger charge is 2.21. The second kappa shape index (κ2) is 5.10. The van der Waals surface area contributed by atoms with Crippen LogP contribution in [0, 0.1) is 6.92 Å². The topological polar surface area (TPSA) is 37.4 Å². The highest BCUT2D eigenvalue weighted by Crippen LogP contribution is 2.33. The van der Waals surface area contributed by atoms with Crippen molar-refractivity contribution in [3.8, 4) is 0 Å². The number of hydrogen-bond donors (Lipinski definition) is 0. The smallest absolute Gasteiger partial charge is 0.230 e. The molecule has 0 unspecified atom stereocenters. The summed E-state index contributed by atoms with van der Waals surface area (Å²) in [6.45, 7) is 4.59. The largest absolute Gasteiger partial charge is 0.274 e. The van der Waals surface area contributed by atoms with Crippen LogP contribution in [0.5, 0.6) is 0 Å². The standard InChI is InChI=1S/C11H11Br2NO2/c1-6-4-9(12)5-10(13)11(6)14(7(2)15)8(3)16/h4-5H,1-3H3. The summed E-state index contributed by atoms with van der Waals surface area (Å²) in [5.74, 6) is -0.586. The van der Waals surface area contributed by atoms with Gasteiger partial charge in [0.25, 0.3) is 0 Å². The minimum atomic E-state index is -0.293. The van der Waals surface area contributed by atoms with Gasteiger partial charge in [-0.25, -0.2) is 4.90 Å². The molecule has 0 aliphatic carbocycles. The lowest BCUT2D eigenvalue weighted by Gasteiger charge is -2.21. The van der Waals surface area contributed by atoms with Crippen molar-refractivity contribution in [2.75, 3.05) is 4.90 Å². The molecule has 2 amide bonds. The summed E-state index contributed by atoms with van der Waals surface area (Å²) in [5.41, 5.74) is 1.45. The van der Waals surface area contributed by atoms with Crippen LogP contribution >= 0.6 is 31.9 Å². The van der Waals surface area contributed by atoms with E-state index in [4.69, 9.17) is 0 Å². The fourth-order valence-corrected chi connectivity index (χ4v) is 3.13. The molecule has 16 heavy (non-hydrogen) atoms. The molecule has 0 spiro atoms. The summed E-state index contributed by atoms with van der Waals surface area (Å²) in [5, 5.41) is 0. The van der Waals surface area contributed by atoms with E-state index in [-0.39, 0.29) is 11.8 Å². The number of benzene rings is 1. The Balaban J connectivity index is 3.41. The molecule has 1 aromatic carbocycles. The summed E-state index contributed by atoms with van der Waals surface area (Å²) < 4.78 is 1.61. The van der Waals surface area contributed by atoms with Gasteiger partial charge in [-0.3, -0.25) is 9.59 Å². The number of imide groups is 1. The molecule has 86 valence electrons. The molecule has 0 bridgehead atoms. The van der Waals surface area contributed by atoms with Gasteiger partial charge in [-0.15, -0.1) is 0 Å². The summed E-state index contributed by atoms with van der Waals surface area (Å²) in [6, 6.07) is 3.67. The lowest BCUT2D eigenvalue weighted by Crippen LogP contribution is -2.33. The van der Waals surface area contributed by atoms with E-state index in [1.807, 2.05) is 13.0 Å². The van der Waals surface area contributed by atoms with Crippen molar-refractivity contribution in [2.45, 2.75) is 20.8 Å². The first kappa shape index (κ1) is 13.4. The third kappa shape index (κ3) is 2.71. The number of carbonyl (C=O) groups excluding carboxylic acids is 2. The van der Waals surface area contributed by atoms with Gasteiger partial charge in [0.15, 0.2) is 0 Å². The molecule has 0 aliphatic heterocycles. The van der Waals surface area contributed by atoms with Crippen molar-refractivity contribution in [1.82, 2.24) is 0 Å². The van der Waals surface area contributed by atoms with Crippen molar-refractivity contribution in [2.24, 2.45) is 0 Å². The van der Waals surface area contributed by atoms with Gasteiger partial charge in [-0.1, -0.05) is 15.9 Å². The maximum Gasteiger partial charge on any atom is 0.230 e. The number of carbonyl (C=O) groups is 2. The van der Waals surface area contributed by atoms with Crippen molar-refractivity contribution in [3.05, 3.63) is 26.6 Å². The predicted molar refractivity (Wildman–Crippen MR) is 70.4 cm³/mol. The average molecular weight is 349 g/mol. The van der Waals surface area contributed by atoms with Crippen LogP contribution in [0.2, 0.25) is 0 Å². The third-order valence-electron chi connectivity index (χ3n) is 2.07. The Bertz CT molecular complexity index is 420. The first-order valence-electron chi connectivity index (χ1n) is 4.61. The molecule has 0 saturated heterocycles. The van der Waals surface area contributed by atoms with Crippen LogP contribution < -0.4 is 4.90 Å². The summed E-state index contributed by atoms with van der Waals surface area (Å²) in [4.78, 5) is 24.1. The van der Waals surface area contributed by atoms with E-state index >= 15 is 0 Å². The van der Waals surface area contributed by atoms with Gasteiger partial charge >= 0.3 is 0 Å². The summed E-state index contributed by atoms with van der Waals surface area (Å²) in [7, 11) is 0. The molecular formula is C11H11Br2NO2. The summed E-state index contributed by atoms with van der Waals surface area (Å²) >= 11 is 6.71. The second-order valence-electron chi connectivity index (χ2n) is 3.43. The van der Waals surface area contributed by atoms with Gasteiger partial charge in [-0.05, 0) is 40.5 Å². The molecule has 5 heteroatoms. The Morgan fingerprint density at radius 3 is 2.00 bits per heavy atom. The monoisotopic (exact) mass is 347 g/mol. The minimum absolute atomic E-state index is 0.293. The maximum absolute atomic E-state index is 11.4. The number of halogens is 2. The number of amides is 2. The molecule has 0 N–H and O–H groups in total. The van der Waals surface area contributed by atoms with Crippen LogP contribution in [0.4, 0.5) is 5.69 Å². The Kier molecular flexibility index (Phi) is 4.27. The molecule has 0 saturated carbocycles. The van der Waals surface area contributed by atoms with Crippen LogP contribution in [-0.2, 0) is 9.59 Å². The zero-order valence-electron chi connectivity index (χ0n) is 9.17. The van der Waals surface area contributed by atoms with Gasteiger partial charge in [0.05, 0.1) is 5.69 Å². The summed E-state index contributed by atoms with van der Waals surface area (Å²) in [6.07, 6.45) is 0. The normalized spacial score (nSPS) is 10.1. The first-order valence-corrected chi connectivity index (χ1v) is 6.20. The molecular weight excluding hydrogens is 338 g/mol. The van der Waals surface area contributed by atoms with Gasteiger partial charge in [0.2, 0.25) is 11.8 Å². The highest BCUT2D eigenvalue weighted by molar-refractivity contribution is 9.11. The fraction of sp³-hybridized carbons (Fsp3) is 0.273. The van der Waals surface area contributed by atoms with Crippen LogP contribution in [0.25, 0.3) is 0 Å². The molecule has 0 radical (unpaired) electrons. The van der Waals surface area contributed by atoms with Crippen molar-refractivity contribution >= 4 is 49.4 Å². The van der Waals surface area contributed by atoms with E-state index in [0.717, 1.165) is 14.9 Å². The molecule has 0 atom stereocenters. The van der Waals surface area contributed by atoms with E-state index < -0.39 is 0 Å². The van der Waals surface area contributed by atoms with E-state index in [9.17, 15) is 9.59 Å². The SMILES string of the molecule is CC(=O)N(C(C)=O)c1c(C)cc(Br)cc1Br. The molecule has 3 nitrogen and oxygen atoms in total. The highest BCUT2D eigenvalue weighted by atomic mass is 79.9. The average Bonchev–Trinajstić information content (AvgIpc) is 2.09. The van der Waals surface area contributed by atoms with Crippen LogP contribution in [-0.4, -0.2) is 11.8 Å². The Morgan fingerprint density at radius 1 is 1.12 bits per heavy atom. The Labute approximate surface area is 111 Å². The quantitative estimate of drug-likeness (QED) is 0.779. The second-order valence-corrected chi connectivity index (χ2v) is 5.20. The van der Waals surface area contributed by atoms with Gasteiger partial charge in [0.1, 0.15) is 0 Å². The van der Waals surface area contributed by atoms with Crippen molar-refractivity contribution in [3.63, 3.8) is 0 Å². The zero-order chi connectivity index (χ0) is 12.5. The molecule has 0 heterocycles. The third-order valence-corrected chi connectivity index (χ3v) is 3.13. The van der Waals surface area contributed by atoms with Gasteiger partial charge in [0, 0.05) is 22.8 Å². The van der Waals surface area contributed by atoms with E-state index in [2.05, 4.69) is 31.9 Å². The number of anilines is 1. The van der Waals surface area contributed by atoms with Gasteiger partial charge in [-0.2, -0.15) is 0 Å². The molecule has 1 rings (SSSR count). The number of nitrogens with zero attached hydrogens (tertiary/aromatic N) is 1. The molecule has 0 fully saturated rings. The number of hydrogen-bond acceptors (Lipinski definition) is 2.